The number of rotatable bonds is 3. The van der Waals surface area contributed by atoms with Gasteiger partial charge in [0.1, 0.15) is 6.04 Å². The monoisotopic (exact) mass is 260 g/mol. The highest BCUT2D eigenvalue weighted by Gasteiger charge is 2.37. The van der Waals surface area contributed by atoms with Gasteiger partial charge in [0.05, 0.1) is 0 Å². The number of amides is 2. The molecule has 1 atom stereocenters. The molecule has 1 saturated heterocycles. The van der Waals surface area contributed by atoms with E-state index in [0.29, 0.717) is 12.8 Å². The van der Waals surface area contributed by atoms with Crippen LogP contribution in [0.4, 0.5) is 5.69 Å². The minimum Gasteiger partial charge on any atom is -0.352 e. The van der Waals surface area contributed by atoms with E-state index in [1.807, 2.05) is 45.0 Å². The van der Waals surface area contributed by atoms with Gasteiger partial charge in [-0.3, -0.25) is 14.5 Å². The van der Waals surface area contributed by atoms with Crippen LogP contribution in [0.5, 0.6) is 0 Å². The van der Waals surface area contributed by atoms with Crippen LogP contribution in [0, 0.1) is 6.92 Å². The van der Waals surface area contributed by atoms with Crippen LogP contribution in [0.2, 0.25) is 0 Å². The third kappa shape index (κ3) is 2.95. The SMILES string of the molecule is Cc1ccc(N2C(=O)CCC2C(=O)NC(C)C)cc1. The first-order chi connectivity index (χ1) is 8.99. The van der Waals surface area contributed by atoms with Crippen molar-refractivity contribution in [3.05, 3.63) is 29.8 Å². The van der Waals surface area contributed by atoms with Crippen molar-refractivity contribution < 1.29 is 9.59 Å². The molecule has 1 fully saturated rings. The predicted molar refractivity (Wildman–Crippen MR) is 75.0 cm³/mol. The van der Waals surface area contributed by atoms with Crippen molar-refractivity contribution in [2.45, 2.75) is 45.7 Å². The molecule has 2 rings (SSSR count). The summed E-state index contributed by atoms with van der Waals surface area (Å²) in [6.07, 6.45) is 1.02. The van der Waals surface area contributed by atoms with Crippen LogP contribution in [0.1, 0.15) is 32.3 Å². The van der Waals surface area contributed by atoms with Crippen molar-refractivity contribution in [1.82, 2.24) is 5.32 Å². The highest BCUT2D eigenvalue weighted by atomic mass is 16.2. The normalized spacial score (nSPS) is 19.1. The third-order valence-electron chi connectivity index (χ3n) is 3.26. The summed E-state index contributed by atoms with van der Waals surface area (Å²) in [6.45, 7) is 5.84. The first kappa shape index (κ1) is 13.6. The lowest BCUT2D eigenvalue weighted by molar-refractivity contribution is -0.124. The predicted octanol–water partition coefficient (Wildman–Crippen LogP) is 2.02. The van der Waals surface area contributed by atoms with Gasteiger partial charge in [-0.15, -0.1) is 0 Å². The Labute approximate surface area is 113 Å². The molecule has 1 aliphatic heterocycles. The number of carbonyl (C=O) groups excluding carboxylic acids is 2. The number of carbonyl (C=O) groups is 2. The zero-order chi connectivity index (χ0) is 14.0. The van der Waals surface area contributed by atoms with Crippen LogP contribution in [0.15, 0.2) is 24.3 Å². The molecular formula is C15H20N2O2. The Kier molecular flexibility index (Phi) is 3.88. The van der Waals surface area contributed by atoms with Gasteiger partial charge in [-0.2, -0.15) is 0 Å². The Bertz CT molecular complexity index is 479. The van der Waals surface area contributed by atoms with E-state index in [9.17, 15) is 9.59 Å². The maximum Gasteiger partial charge on any atom is 0.243 e. The number of hydrogen-bond donors (Lipinski definition) is 1. The molecule has 1 aromatic rings. The Morgan fingerprint density at radius 3 is 2.53 bits per heavy atom. The lowest BCUT2D eigenvalue weighted by Gasteiger charge is -2.25. The summed E-state index contributed by atoms with van der Waals surface area (Å²) in [7, 11) is 0. The van der Waals surface area contributed by atoms with Crippen LogP contribution >= 0.6 is 0 Å². The molecule has 0 aliphatic carbocycles. The molecule has 1 N–H and O–H groups in total. The number of nitrogens with zero attached hydrogens (tertiary/aromatic N) is 1. The molecule has 0 bridgehead atoms. The topological polar surface area (TPSA) is 49.4 Å². The maximum atomic E-state index is 12.1. The van der Waals surface area contributed by atoms with Gasteiger partial charge in [-0.1, -0.05) is 17.7 Å². The van der Waals surface area contributed by atoms with Crippen LogP contribution in [0.25, 0.3) is 0 Å². The molecule has 0 spiro atoms. The highest BCUT2D eigenvalue weighted by Crippen LogP contribution is 2.27. The van der Waals surface area contributed by atoms with E-state index in [4.69, 9.17) is 0 Å². The fraction of sp³-hybridized carbons (Fsp3) is 0.467. The smallest absolute Gasteiger partial charge is 0.243 e. The van der Waals surface area contributed by atoms with Gasteiger partial charge >= 0.3 is 0 Å². The molecule has 1 unspecified atom stereocenters. The average Bonchev–Trinajstić information content (AvgIpc) is 2.71. The quantitative estimate of drug-likeness (QED) is 0.904. The molecule has 19 heavy (non-hydrogen) atoms. The minimum absolute atomic E-state index is 0.0211. The van der Waals surface area contributed by atoms with Gasteiger partial charge in [0, 0.05) is 18.2 Å². The van der Waals surface area contributed by atoms with Gasteiger partial charge in [0.15, 0.2) is 0 Å². The summed E-state index contributed by atoms with van der Waals surface area (Å²) in [5.74, 6) is -0.0471. The molecular weight excluding hydrogens is 240 g/mol. The Hall–Kier alpha value is -1.84. The fourth-order valence-corrected chi connectivity index (χ4v) is 2.34. The molecule has 4 nitrogen and oxygen atoms in total. The number of aryl methyl sites for hydroxylation is 1. The fourth-order valence-electron chi connectivity index (χ4n) is 2.34. The average molecular weight is 260 g/mol. The third-order valence-corrected chi connectivity index (χ3v) is 3.26. The molecule has 1 aliphatic rings. The second kappa shape index (κ2) is 5.43. The molecule has 0 aromatic heterocycles. The molecule has 0 radical (unpaired) electrons. The largest absolute Gasteiger partial charge is 0.352 e. The van der Waals surface area contributed by atoms with Gasteiger partial charge in [-0.05, 0) is 39.3 Å². The summed E-state index contributed by atoms with van der Waals surface area (Å²) in [6, 6.07) is 7.42. The number of hydrogen-bond acceptors (Lipinski definition) is 2. The van der Waals surface area contributed by atoms with Crippen molar-refractivity contribution in [2.75, 3.05) is 4.90 Å². The molecule has 1 aromatic carbocycles. The van der Waals surface area contributed by atoms with E-state index >= 15 is 0 Å². The first-order valence-electron chi connectivity index (χ1n) is 6.68. The van der Waals surface area contributed by atoms with Crippen LogP contribution in [-0.2, 0) is 9.59 Å². The summed E-state index contributed by atoms with van der Waals surface area (Å²) in [5, 5.41) is 2.88. The van der Waals surface area contributed by atoms with Gasteiger partial charge in [-0.25, -0.2) is 0 Å². The van der Waals surface area contributed by atoms with Crippen LogP contribution in [-0.4, -0.2) is 23.9 Å². The molecule has 2 amide bonds. The Balaban J connectivity index is 2.22. The highest BCUT2D eigenvalue weighted by molar-refractivity contribution is 6.03. The number of benzene rings is 1. The van der Waals surface area contributed by atoms with Crippen molar-refractivity contribution in [3.8, 4) is 0 Å². The van der Waals surface area contributed by atoms with Crippen molar-refractivity contribution in [1.29, 1.82) is 0 Å². The van der Waals surface area contributed by atoms with Gasteiger partial charge < -0.3 is 5.32 Å². The zero-order valence-electron chi connectivity index (χ0n) is 11.6. The van der Waals surface area contributed by atoms with E-state index < -0.39 is 0 Å². The molecule has 1 heterocycles. The lowest BCUT2D eigenvalue weighted by Crippen LogP contribution is -2.46. The molecule has 0 saturated carbocycles. The van der Waals surface area contributed by atoms with Crippen molar-refractivity contribution >= 4 is 17.5 Å². The van der Waals surface area contributed by atoms with Gasteiger partial charge in [0.2, 0.25) is 11.8 Å². The van der Waals surface area contributed by atoms with E-state index in [-0.39, 0.29) is 23.9 Å². The molecule has 102 valence electrons. The Morgan fingerprint density at radius 2 is 1.95 bits per heavy atom. The minimum atomic E-state index is -0.377. The van der Waals surface area contributed by atoms with E-state index in [1.165, 1.54) is 0 Å². The summed E-state index contributed by atoms with van der Waals surface area (Å²) < 4.78 is 0. The number of nitrogens with one attached hydrogen (secondary N) is 1. The second-order valence-corrected chi connectivity index (χ2v) is 5.32. The van der Waals surface area contributed by atoms with Crippen molar-refractivity contribution in [3.63, 3.8) is 0 Å². The maximum absolute atomic E-state index is 12.1. The number of anilines is 1. The van der Waals surface area contributed by atoms with Crippen LogP contribution < -0.4 is 10.2 Å². The van der Waals surface area contributed by atoms with E-state index in [0.717, 1.165) is 11.3 Å². The lowest BCUT2D eigenvalue weighted by atomic mass is 10.1. The van der Waals surface area contributed by atoms with Crippen molar-refractivity contribution in [2.24, 2.45) is 0 Å². The second-order valence-electron chi connectivity index (χ2n) is 5.32. The Morgan fingerprint density at radius 1 is 1.32 bits per heavy atom. The summed E-state index contributed by atoms with van der Waals surface area (Å²) in [4.78, 5) is 25.8. The first-order valence-corrected chi connectivity index (χ1v) is 6.68. The summed E-state index contributed by atoms with van der Waals surface area (Å²) >= 11 is 0. The van der Waals surface area contributed by atoms with E-state index in [2.05, 4.69) is 5.32 Å². The standard InChI is InChI=1S/C15H20N2O2/c1-10(2)16-15(19)13-8-9-14(18)17(13)12-6-4-11(3)5-7-12/h4-7,10,13H,8-9H2,1-3H3,(H,16,19). The van der Waals surface area contributed by atoms with E-state index in [1.54, 1.807) is 4.90 Å². The van der Waals surface area contributed by atoms with Gasteiger partial charge in [0.25, 0.3) is 0 Å². The zero-order valence-corrected chi connectivity index (χ0v) is 11.6. The van der Waals surface area contributed by atoms with Crippen LogP contribution in [0.3, 0.4) is 0 Å². The summed E-state index contributed by atoms with van der Waals surface area (Å²) in [5.41, 5.74) is 1.94. The molecule has 4 heteroatoms.